The van der Waals surface area contributed by atoms with Crippen LogP contribution in [0.15, 0.2) is 60.9 Å². The fourth-order valence-corrected chi connectivity index (χ4v) is 3.74. The Labute approximate surface area is 176 Å². The van der Waals surface area contributed by atoms with Crippen LogP contribution < -0.4 is 15.5 Å². The molecule has 2 N–H and O–H groups in total. The minimum absolute atomic E-state index is 0.191. The highest BCUT2D eigenvalue weighted by molar-refractivity contribution is 5.89. The monoisotopic (exact) mass is 402 g/mol. The van der Waals surface area contributed by atoms with E-state index in [1.54, 1.807) is 12.4 Å². The van der Waals surface area contributed by atoms with E-state index in [1.807, 2.05) is 55.5 Å². The lowest BCUT2D eigenvalue weighted by Crippen LogP contribution is -2.48. The number of para-hydroxylation sites is 1. The van der Waals surface area contributed by atoms with E-state index in [0.717, 1.165) is 48.6 Å². The highest BCUT2D eigenvalue weighted by atomic mass is 16.2. The lowest BCUT2D eigenvalue weighted by Gasteiger charge is -2.37. The number of nitrogens with zero attached hydrogens (tertiary/aromatic N) is 4. The number of aromatic nitrogens is 3. The van der Waals surface area contributed by atoms with Gasteiger partial charge >= 0.3 is 6.03 Å². The first-order valence-corrected chi connectivity index (χ1v) is 10.3. The van der Waals surface area contributed by atoms with Crippen molar-refractivity contribution in [3.8, 4) is 11.4 Å². The van der Waals surface area contributed by atoms with E-state index in [2.05, 4.69) is 25.5 Å². The predicted molar refractivity (Wildman–Crippen MR) is 118 cm³/mol. The van der Waals surface area contributed by atoms with Crippen molar-refractivity contribution in [1.29, 1.82) is 0 Å². The van der Waals surface area contributed by atoms with Gasteiger partial charge in [-0.3, -0.25) is 4.98 Å². The Balaban J connectivity index is 1.47. The average Bonchev–Trinajstić information content (AvgIpc) is 2.79. The number of rotatable bonds is 5. The number of pyridine rings is 1. The van der Waals surface area contributed by atoms with Crippen molar-refractivity contribution in [2.24, 2.45) is 0 Å². The molecule has 0 aliphatic carbocycles. The van der Waals surface area contributed by atoms with Gasteiger partial charge in [0.15, 0.2) is 5.82 Å². The molecular weight excluding hydrogens is 376 g/mol. The molecule has 1 unspecified atom stereocenters. The molecule has 4 rings (SSSR count). The number of hydrogen-bond donors (Lipinski definition) is 2. The van der Waals surface area contributed by atoms with Crippen molar-refractivity contribution >= 4 is 17.5 Å². The number of hydrogen-bond acceptors (Lipinski definition) is 5. The van der Waals surface area contributed by atoms with Gasteiger partial charge in [-0.1, -0.05) is 18.2 Å². The van der Waals surface area contributed by atoms with Crippen LogP contribution in [0.3, 0.4) is 0 Å². The van der Waals surface area contributed by atoms with E-state index in [9.17, 15) is 4.79 Å². The molecule has 1 aromatic carbocycles. The Hall–Kier alpha value is -3.48. The maximum absolute atomic E-state index is 12.3. The minimum Gasteiger partial charge on any atom is -0.352 e. The molecule has 0 saturated carbocycles. The van der Waals surface area contributed by atoms with E-state index < -0.39 is 0 Å². The smallest absolute Gasteiger partial charge is 0.319 e. The number of carbonyl (C=O) groups is 1. The number of nitrogens with one attached hydrogen (secondary N) is 2. The van der Waals surface area contributed by atoms with Gasteiger partial charge in [0.05, 0.1) is 0 Å². The second-order valence-electron chi connectivity index (χ2n) is 7.48. The minimum atomic E-state index is -0.193. The van der Waals surface area contributed by atoms with Crippen molar-refractivity contribution in [3.63, 3.8) is 0 Å². The lowest BCUT2D eigenvalue weighted by atomic mass is 10.0. The van der Waals surface area contributed by atoms with Crippen molar-refractivity contribution in [1.82, 2.24) is 20.3 Å². The zero-order valence-electron chi connectivity index (χ0n) is 17.1. The summed E-state index contributed by atoms with van der Waals surface area (Å²) in [6, 6.07) is 15.3. The Morgan fingerprint density at radius 2 is 2.00 bits per heavy atom. The molecule has 1 saturated heterocycles. The van der Waals surface area contributed by atoms with Gasteiger partial charge in [0.2, 0.25) is 0 Å². The summed E-state index contributed by atoms with van der Waals surface area (Å²) in [6.07, 6.45) is 6.78. The van der Waals surface area contributed by atoms with Crippen LogP contribution in [0.5, 0.6) is 0 Å². The molecule has 1 atom stereocenters. The molecule has 30 heavy (non-hydrogen) atoms. The molecule has 1 aliphatic heterocycles. The second-order valence-corrected chi connectivity index (χ2v) is 7.48. The molecule has 7 nitrogen and oxygen atoms in total. The summed E-state index contributed by atoms with van der Waals surface area (Å²) in [4.78, 5) is 28.2. The molecule has 0 bridgehead atoms. The summed E-state index contributed by atoms with van der Waals surface area (Å²) in [7, 11) is 0. The first-order valence-electron chi connectivity index (χ1n) is 10.3. The Kier molecular flexibility index (Phi) is 6.17. The molecule has 0 spiro atoms. The van der Waals surface area contributed by atoms with Gasteiger partial charge in [-0.2, -0.15) is 0 Å². The summed E-state index contributed by atoms with van der Waals surface area (Å²) in [5, 5.41) is 5.89. The molecule has 2 amide bonds. The maximum atomic E-state index is 12.3. The molecule has 1 fully saturated rings. The molecule has 1 aliphatic rings. The highest BCUT2D eigenvalue weighted by Crippen LogP contribution is 2.25. The summed E-state index contributed by atoms with van der Waals surface area (Å²) in [6.45, 7) is 3.45. The number of aryl methyl sites for hydroxylation is 1. The Bertz CT molecular complexity index is 979. The zero-order chi connectivity index (χ0) is 20.8. The van der Waals surface area contributed by atoms with Gasteiger partial charge in [0.1, 0.15) is 5.82 Å². The van der Waals surface area contributed by atoms with E-state index in [4.69, 9.17) is 4.98 Å². The second kappa shape index (κ2) is 9.35. The van der Waals surface area contributed by atoms with Crippen LogP contribution in [0.2, 0.25) is 0 Å². The standard InChI is InChI=1S/C23H26N6O/c1-17-14-21(28-22(26-17)18-8-7-12-24-15-18)29-13-6-5-11-20(29)16-25-23(30)27-19-9-3-2-4-10-19/h2-4,7-10,12,14-15,20H,5-6,11,13,16H2,1H3,(H2,25,27,30). The zero-order valence-corrected chi connectivity index (χ0v) is 17.1. The number of anilines is 2. The summed E-state index contributed by atoms with van der Waals surface area (Å²) < 4.78 is 0. The number of benzene rings is 1. The van der Waals surface area contributed by atoms with Crippen molar-refractivity contribution < 1.29 is 4.79 Å². The largest absolute Gasteiger partial charge is 0.352 e. The quantitative estimate of drug-likeness (QED) is 0.673. The first-order chi connectivity index (χ1) is 14.7. The third-order valence-corrected chi connectivity index (χ3v) is 5.21. The predicted octanol–water partition coefficient (Wildman–Crippen LogP) is 4.03. The van der Waals surface area contributed by atoms with Gasteiger partial charge < -0.3 is 15.5 Å². The van der Waals surface area contributed by atoms with Gasteiger partial charge in [-0.05, 0) is 50.5 Å². The SMILES string of the molecule is Cc1cc(N2CCCCC2CNC(=O)Nc2ccccc2)nc(-c2cccnc2)n1. The molecule has 7 heteroatoms. The van der Waals surface area contributed by atoms with E-state index >= 15 is 0 Å². The van der Waals surface area contributed by atoms with Crippen LogP contribution in [-0.2, 0) is 0 Å². The molecule has 2 aromatic heterocycles. The fourth-order valence-electron chi connectivity index (χ4n) is 3.74. The van der Waals surface area contributed by atoms with Gasteiger partial charge in [0, 0.05) is 54.5 Å². The number of amides is 2. The topological polar surface area (TPSA) is 83.0 Å². The van der Waals surface area contributed by atoms with Crippen LogP contribution in [0, 0.1) is 6.92 Å². The maximum Gasteiger partial charge on any atom is 0.319 e. The molecule has 3 aromatic rings. The van der Waals surface area contributed by atoms with Gasteiger partial charge in [0.25, 0.3) is 0 Å². The van der Waals surface area contributed by atoms with Crippen LogP contribution in [0.4, 0.5) is 16.3 Å². The summed E-state index contributed by atoms with van der Waals surface area (Å²) in [5.74, 6) is 1.58. The van der Waals surface area contributed by atoms with Crippen LogP contribution in [-0.4, -0.2) is 40.1 Å². The third kappa shape index (κ3) is 4.92. The molecular formula is C23H26N6O. The Morgan fingerprint density at radius 3 is 2.80 bits per heavy atom. The number of piperidine rings is 1. The van der Waals surface area contributed by atoms with Crippen LogP contribution in [0.1, 0.15) is 25.0 Å². The molecule has 0 radical (unpaired) electrons. The van der Waals surface area contributed by atoms with Crippen LogP contribution >= 0.6 is 0 Å². The molecule has 3 heterocycles. The van der Waals surface area contributed by atoms with Crippen LogP contribution in [0.25, 0.3) is 11.4 Å². The summed E-state index contributed by atoms with van der Waals surface area (Å²) >= 11 is 0. The third-order valence-electron chi connectivity index (χ3n) is 5.21. The lowest BCUT2D eigenvalue weighted by molar-refractivity contribution is 0.250. The number of carbonyl (C=O) groups excluding carboxylic acids is 1. The fraction of sp³-hybridized carbons (Fsp3) is 0.304. The Morgan fingerprint density at radius 1 is 1.13 bits per heavy atom. The highest BCUT2D eigenvalue weighted by Gasteiger charge is 2.25. The number of urea groups is 1. The van der Waals surface area contributed by atoms with Crippen molar-refractivity contribution in [2.75, 3.05) is 23.3 Å². The van der Waals surface area contributed by atoms with Crippen molar-refractivity contribution in [2.45, 2.75) is 32.2 Å². The average molecular weight is 403 g/mol. The normalized spacial score (nSPS) is 16.2. The van der Waals surface area contributed by atoms with Crippen molar-refractivity contribution in [3.05, 3.63) is 66.6 Å². The van der Waals surface area contributed by atoms with E-state index in [1.165, 1.54) is 0 Å². The molecule has 154 valence electrons. The first kappa shape index (κ1) is 19.8. The van der Waals surface area contributed by atoms with E-state index in [-0.39, 0.29) is 12.1 Å². The van der Waals surface area contributed by atoms with E-state index in [0.29, 0.717) is 12.4 Å². The summed E-state index contributed by atoms with van der Waals surface area (Å²) in [5.41, 5.74) is 2.59. The van der Waals surface area contributed by atoms with Gasteiger partial charge in [-0.25, -0.2) is 14.8 Å². The van der Waals surface area contributed by atoms with Gasteiger partial charge in [-0.15, -0.1) is 0 Å².